The van der Waals surface area contributed by atoms with Crippen LogP contribution in [0.2, 0.25) is 0 Å². The third-order valence-corrected chi connectivity index (χ3v) is 6.16. The second kappa shape index (κ2) is 8.31. The molecule has 2 aromatic heterocycles. The average molecular weight is 411 g/mol. The molecule has 5 rings (SSSR count). The molecule has 1 aromatic carbocycles. The van der Waals surface area contributed by atoms with Crippen molar-refractivity contribution < 1.29 is 0 Å². The molecule has 0 amide bonds. The zero-order valence-corrected chi connectivity index (χ0v) is 17.8. The fraction of sp³-hybridized carbons (Fsp3) is 0.308. The number of fused-ring (bicyclic) bond motifs is 1. The molecule has 0 radical (unpaired) electrons. The van der Waals surface area contributed by atoms with Gasteiger partial charge in [0.25, 0.3) is 5.56 Å². The van der Waals surface area contributed by atoms with Crippen LogP contribution in [0.15, 0.2) is 59.7 Å². The summed E-state index contributed by atoms with van der Waals surface area (Å²) < 4.78 is 1.69. The summed E-state index contributed by atoms with van der Waals surface area (Å²) in [5.41, 5.74) is 4.52. The SMILES string of the molecule is Cc1ccn(N2CCc3ccccc32)c(=O)c1C#Cc1ccc(N2CCCCC2)nc1. The van der Waals surface area contributed by atoms with Crippen LogP contribution in [0.3, 0.4) is 0 Å². The molecule has 31 heavy (non-hydrogen) atoms. The summed E-state index contributed by atoms with van der Waals surface area (Å²) in [7, 11) is 0. The summed E-state index contributed by atoms with van der Waals surface area (Å²) in [5.74, 6) is 7.28. The monoisotopic (exact) mass is 410 g/mol. The van der Waals surface area contributed by atoms with Gasteiger partial charge in [-0.3, -0.25) is 9.80 Å². The van der Waals surface area contributed by atoms with E-state index in [0.29, 0.717) is 5.56 Å². The second-order valence-electron chi connectivity index (χ2n) is 8.23. The molecule has 2 aliphatic rings. The summed E-state index contributed by atoms with van der Waals surface area (Å²) in [5, 5.41) is 2.04. The van der Waals surface area contributed by atoms with Gasteiger partial charge in [-0.1, -0.05) is 30.0 Å². The van der Waals surface area contributed by atoms with Crippen LogP contribution in [0.1, 0.15) is 41.5 Å². The average Bonchev–Trinajstić information content (AvgIpc) is 3.24. The Kier molecular flexibility index (Phi) is 5.21. The van der Waals surface area contributed by atoms with Crippen LogP contribution in [0, 0.1) is 18.8 Å². The lowest BCUT2D eigenvalue weighted by Crippen LogP contribution is -2.38. The Balaban J connectivity index is 1.43. The minimum Gasteiger partial charge on any atom is -0.357 e. The van der Waals surface area contributed by atoms with E-state index in [1.165, 1.54) is 24.8 Å². The molecule has 4 heterocycles. The van der Waals surface area contributed by atoms with Crippen LogP contribution < -0.4 is 15.5 Å². The molecule has 0 aliphatic carbocycles. The first-order valence-electron chi connectivity index (χ1n) is 11.0. The minimum absolute atomic E-state index is 0.0814. The number of pyridine rings is 2. The Bertz CT molecular complexity index is 1210. The van der Waals surface area contributed by atoms with E-state index in [1.54, 1.807) is 4.68 Å². The van der Waals surface area contributed by atoms with Crippen molar-refractivity contribution in [2.24, 2.45) is 0 Å². The molecule has 0 N–H and O–H groups in total. The van der Waals surface area contributed by atoms with Crippen LogP contribution in [0.4, 0.5) is 11.5 Å². The predicted octanol–water partition coefficient (Wildman–Crippen LogP) is 3.77. The fourth-order valence-electron chi connectivity index (χ4n) is 4.41. The molecule has 5 nitrogen and oxygen atoms in total. The number of benzene rings is 1. The van der Waals surface area contributed by atoms with Crippen LogP contribution in [0.25, 0.3) is 0 Å². The normalized spacial score (nSPS) is 15.4. The van der Waals surface area contributed by atoms with Crippen LogP contribution in [-0.4, -0.2) is 29.3 Å². The molecule has 0 saturated carbocycles. The van der Waals surface area contributed by atoms with Gasteiger partial charge in [0, 0.05) is 37.6 Å². The molecule has 5 heteroatoms. The maximum atomic E-state index is 13.3. The van der Waals surface area contributed by atoms with Crippen LogP contribution in [-0.2, 0) is 6.42 Å². The second-order valence-corrected chi connectivity index (χ2v) is 8.23. The van der Waals surface area contributed by atoms with E-state index >= 15 is 0 Å². The van der Waals surface area contributed by atoms with Crippen molar-refractivity contribution in [2.75, 3.05) is 29.5 Å². The summed E-state index contributed by atoms with van der Waals surface area (Å²) in [4.78, 5) is 20.2. The number of hydrogen-bond donors (Lipinski definition) is 0. The Morgan fingerprint density at radius 1 is 0.935 bits per heavy atom. The minimum atomic E-state index is -0.0814. The zero-order chi connectivity index (χ0) is 21.2. The molecular weight excluding hydrogens is 384 g/mol. The van der Waals surface area contributed by atoms with Crippen molar-refractivity contribution in [1.29, 1.82) is 0 Å². The number of hydrogen-bond acceptors (Lipinski definition) is 4. The van der Waals surface area contributed by atoms with Crippen molar-refractivity contribution in [3.8, 4) is 11.8 Å². The van der Waals surface area contributed by atoms with Gasteiger partial charge in [-0.25, -0.2) is 9.66 Å². The van der Waals surface area contributed by atoms with Gasteiger partial charge in [-0.15, -0.1) is 0 Å². The van der Waals surface area contributed by atoms with Crippen molar-refractivity contribution in [3.05, 3.63) is 87.5 Å². The molecule has 3 aromatic rings. The Labute approximate surface area is 182 Å². The van der Waals surface area contributed by atoms with E-state index in [-0.39, 0.29) is 5.56 Å². The van der Waals surface area contributed by atoms with E-state index in [2.05, 4.69) is 33.9 Å². The van der Waals surface area contributed by atoms with E-state index < -0.39 is 0 Å². The number of aryl methyl sites for hydroxylation is 1. The summed E-state index contributed by atoms with van der Waals surface area (Å²) >= 11 is 0. The third-order valence-electron chi connectivity index (χ3n) is 6.16. The first-order valence-corrected chi connectivity index (χ1v) is 11.0. The van der Waals surface area contributed by atoms with Gasteiger partial charge in [-0.2, -0.15) is 0 Å². The number of rotatable bonds is 2. The fourth-order valence-corrected chi connectivity index (χ4v) is 4.41. The number of aromatic nitrogens is 2. The molecule has 2 aliphatic heterocycles. The summed E-state index contributed by atoms with van der Waals surface area (Å²) in [6.45, 7) is 4.86. The van der Waals surface area contributed by atoms with Gasteiger partial charge < -0.3 is 4.90 Å². The molecule has 1 fully saturated rings. The van der Waals surface area contributed by atoms with Crippen molar-refractivity contribution in [3.63, 3.8) is 0 Å². The van der Waals surface area contributed by atoms with Gasteiger partial charge in [0.05, 0.1) is 11.3 Å². The van der Waals surface area contributed by atoms with Crippen molar-refractivity contribution in [2.45, 2.75) is 32.6 Å². The lowest BCUT2D eigenvalue weighted by Gasteiger charge is -2.27. The standard InChI is InChI=1S/C26H26N4O/c1-20-13-17-30(29-18-14-22-7-3-4-8-24(22)29)26(31)23(20)11-9-21-10-12-25(27-19-21)28-15-5-2-6-16-28/h3-4,7-8,10,12-13,17,19H,2,5-6,14-16,18H2,1H3. The van der Waals surface area contributed by atoms with E-state index in [1.807, 2.05) is 54.7 Å². The summed E-state index contributed by atoms with van der Waals surface area (Å²) in [6.07, 6.45) is 8.35. The van der Waals surface area contributed by atoms with E-state index in [0.717, 1.165) is 48.7 Å². The van der Waals surface area contributed by atoms with Crippen LogP contribution in [0.5, 0.6) is 0 Å². The first-order chi connectivity index (χ1) is 15.2. The van der Waals surface area contributed by atoms with Crippen molar-refractivity contribution in [1.82, 2.24) is 9.66 Å². The first kappa shape index (κ1) is 19.4. The number of para-hydroxylation sites is 1. The molecule has 0 bridgehead atoms. The number of piperidine rings is 1. The summed E-state index contributed by atoms with van der Waals surface area (Å²) in [6, 6.07) is 14.2. The van der Waals surface area contributed by atoms with Gasteiger partial charge in [0.1, 0.15) is 5.82 Å². The Morgan fingerprint density at radius 3 is 2.58 bits per heavy atom. The maximum Gasteiger partial charge on any atom is 0.285 e. The van der Waals surface area contributed by atoms with Gasteiger partial charge >= 0.3 is 0 Å². The van der Waals surface area contributed by atoms with Crippen LogP contribution >= 0.6 is 0 Å². The lowest BCUT2D eigenvalue weighted by molar-refractivity contribution is 0.573. The van der Waals surface area contributed by atoms with E-state index in [4.69, 9.17) is 0 Å². The van der Waals surface area contributed by atoms with Gasteiger partial charge in [0.15, 0.2) is 0 Å². The van der Waals surface area contributed by atoms with E-state index in [9.17, 15) is 4.79 Å². The van der Waals surface area contributed by atoms with Gasteiger partial charge in [0.2, 0.25) is 0 Å². The molecule has 1 saturated heterocycles. The maximum absolute atomic E-state index is 13.3. The molecule has 0 atom stereocenters. The molecule has 0 spiro atoms. The lowest BCUT2D eigenvalue weighted by atomic mass is 10.1. The Hall–Kier alpha value is -3.52. The highest BCUT2D eigenvalue weighted by atomic mass is 16.1. The number of nitrogens with zero attached hydrogens (tertiary/aromatic N) is 4. The highest BCUT2D eigenvalue weighted by Gasteiger charge is 2.21. The topological polar surface area (TPSA) is 41.4 Å². The number of anilines is 2. The highest BCUT2D eigenvalue weighted by molar-refractivity contribution is 5.58. The quantitative estimate of drug-likeness (QED) is 0.603. The third kappa shape index (κ3) is 3.82. The molecule has 156 valence electrons. The molecule has 0 unspecified atom stereocenters. The predicted molar refractivity (Wildman–Crippen MR) is 125 cm³/mol. The smallest absolute Gasteiger partial charge is 0.285 e. The molecular formula is C26H26N4O. The largest absolute Gasteiger partial charge is 0.357 e. The van der Waals surface area contributed by atoms with Gasteiger partial charge in [-0.05, 0) is 68.0 Å². The zero-order valence-electron chi connectivity index (χ0n) is 17.8. The Morgan fingerprint density at radius 2 is 1.77 bits per heavy atom. The highest BCUT2D eigenvalue weighted by Crippen LogP contribution is 2.27. The van der Waals surface area contributed by atoms with Crippen molar-refractivity contribution >= 4 is 11.5 Å².